The van der Waals surface area contributed by atoms with Crippen molar-refractivity contribution < 1.29 is 24.3 Å². The van der Waals surface area contributed by atoms with Gasteiger partial charge in [-0.25, -0.2) is 4.79 Å². The third kappa shape index (κ3) is 8.69. The van der Waals surface area contributed by atoms with E-state index >= 15 is 0 Å². The van der Waals surface area contributed by atoms with E-state index in [0.29, 0.717) is 41.1 Å². The predicted molar refractivity (Wildman–Crippen MR) is 160 cm³/mol. The number of carbonyl (C=O) groups is 4. The summed E-state index contributed by atoms with van der Waals surface area (Å²) in [6.45, 7) is 1.26. The fourth-order valence-electron chi connectivity index (χ4n) is 4.78. The molecular weight excluding hydrogens is 576 g/mol. The zero-order chi connectivity index (χ0) is 30.9. The van der Waals surface area contributed by atoms with Crippen LogP contribution < -0.4 is 10.6 Å². The zero-order valence-corrected chi connectivity index (χ0v) is 24.6. The summed E-state index contributed by atoms with van der Waals surface area (Å²) in [5.74, 6) is -2.29. The summed E-state index contributed by atoms with van der Waals surface area (Å²) < 4.78 is 1.42. The number of anilines is 1. The molecule has 1 aromatic heterocycles. The van der Waals surface area contributed by atoms with Crippen molar-refractivity contribution in [3.63, 3.8) is 0 Å². The molecule has 1 atom stereocenters. The number of carbonyl (C=O) groups excluding carboxylic acids is 3. The molecule has 43 heavy (non-hydrogen) atoms. The molecule has 3 amide bonds. The van der Waals surface area contributed by atoms with Crippen LogP contribution >= 0.6 is 11.6 Å². The molecule has 1 saturated heterocycles. The first kappa shape index (κ1) is 31.3. The minimum absolute atomic E-state index is 0.0599. The summed E-state index contributed by atoms with van der Waals surface area (Å²) in [6.07, 6.45) is 6.05. The standard InChI is InChI=1S/C29H33ClN8O5/c1-36(2)23-13-15-37(16-14-23)27(40)12-9-24(28(41)32-22-7-3-19(4-8-22)29(42)43)33-26(39)11-5-20-17-21(30)6-10-25(20)38-18-31-34-35-38/h3-8,10-11,17-18,23-24H,9,12-16H2,1-2H3,(H,32,41)(H,33,39)(H,42,43)/b11-5+/t24-/m0/s1. The maximum absolute atomic E-state index is 13.3. The zero-order valence-electron chi connectivity index (χ0n) is 23.8. The summed E-state index contributed by atoms with van der Waals surface area (Å²) in [5.41, 5.74) is 1.57. The Kier molecular flexibility index (Phi) is 10.6. The van der Waals surface area contributed by atoms with E-state index in [1.807, 2.05) is 14.1 Å². The van der Waals surface area contributed by atoms with Gasteiger partial charge in [0.15, 0.2) is 0 Å². The van der Waals surface area contributed by atoms with Gasteiger partial charge in [-0.3, -0.25) is 14.4 Å². The molecular formula is C29H33ClN8O5. The number of aromatic nitrogens is 4. The molecule has 0 unspecified atom stereocenters. The molecule has 4 rings (SSSR count). The summed E-state index contributed by atoms with van der Waals surface area (Å²) in [7, 11) is 4.05. The van der Waals surface area contributed by atoms with Crippen LogP contribution in [0.3, 0.4) is 0 Å². The third-order valence-electron chi connectivity index (χ3n) is 7.23. The van der Waals surface area contributed by atoms with E-state index in [4.69, 9.17) is 16.7 Å². The van der Waals surface area contributed by atoms with Gasteiger partial charge in [0.25, 0.3) is 0 Å². The number of amides is 3. The summed E-state index contributed by atoms with van der Waals surface area (Å²) in [5, 5.41) is 26.1. The van der Waals surface area contributed by atoms with Gasteiger partial charge in [0, 0.05) is 47.9 Å². The molecule has 0 aliphatic carbocycles. The van der Waals surface area contributed by atoms with Crippen molar-refractivity contribution in [1.29, 1.82) is 0 Å². The Morgan fingerprint density at radius 3 is 2.47 bits per heavy atom. The third-order valence-corrected chi connectivity index (χ3v) is 7.46. The molecule has 1 aliphatic rings. The van der Waals surface area contributed by atoms with Crippen molar-refractivity contribution in [2.24, 2.45) is 0 Å². The SMILES string of the molecule is CN(C)C1CCN(C(=O)CC[C@H](NC(=O)/C=C/c2cc(Cl)ccc2-n2cnnn2)C(=O)Nc2ccc(C(=O)O)cc2)CC1. The number of rotatable bonds is 11. The number of likely N-dealkylation sites (tertiary alicyclic amines) is 1. The van der Waals surface area contributed by atoms with Crippen LogP contribution in [0.15, 0.2) is 54.9 Å². The Bertz CT molecular complexity index is 1470. The number of hydrogen-bond donors (Lipinski definition) is 3. The van der Waals surface area contributed by atoms with Gasteiger partial charge in [-0.2, -0.15) is 4.68 Å². The molecule has 0 bridgehead atoms. The lowest BCUT2D eigenvalue weighted by Gasteiger charge is -2.35. The number of piperidine rings is 1. The van der Waals surface area contributed by atoms with Gasteiger partial charge in [-0.05, 0) is 92.3 Å². The Labute approximate surface area is 253 Å². The number of benzene rings is 2. The largest absolute Gasteiger partial charge is 0.478 e. The number of nitrogens with one attached hydrogen (secondary N) is 2. The van der Waals surface area contributed by atoms with Crippen LogP contribution in [0, 0.1) is 0 Å². The molecule has 0 radical (unpaired) electrons. The molecule has 2 aromatic carbocycles. The number of carboxylic acids is 1. The Morgan fingerprint density at radius 2 is 1.84 bits per heavy atom. The maximum atomic E-state index is 13.3. The molecule has 1 aliphatic heterocycles. The van der Waals surface area contributed by atoms with Gasteiger partial charge in [0.05, 0.1) is 11.3 Å². The van der Waals surface area contributed by atoms with Crippen LogP contribution in [0.25, 0.3) is 11.8 Å². The van der Waals surface area contributed by atoms with Crippen molar-refractivity contribution in [3.05, 3.63) is 71.0 Å². The molecule has 0 saturated carbocycles. The van der Waals surface area contributed by atoms with Gasteiger partial charge in [0.1, 0.15) is 12.4 Å². The second kappa shape index (κ2) is 14.5. The molecule has 1 fully saturated rings. The lowest BCUT2D eigenvalue weighted by Crippen LogP contribution is -2.46. The summed E-state index contributed by atoms with van der Waals surface area (Å²) in [6, 6.07) is 10.0. The number of hydrogen-bond acceptors (Lipinski definition) is 8. The first-order valence-corrected chi connectivity index (χ1v) is 14.1. The van der Waals surface area contributed by atoms with E-state index in [9.17, 15) is 19.2 Å². The monoisotopic (exact) mass is 608 g/mol. The molecule has 226 valence electrons. The van der Waals surface area contributed by atoms with E-state index in [1.165, 1.54) is 47.4 Å². The van der Waals surface area contributed by atoms with Crippen molar-refractivity contribution >= 4 is 47.1 Å². The van der Waals surface area contributed by atoms with Crippen molar-refractivity contribution in [2.45, 2.75) is 37.8 Å². The fraction of sp³-hybridized carbons (Fsp3) is 0.345. The highest BCUT2D eigenvalue weighted by Crippen LogP contribution is 2.21. The highest BCUT2D eigenvalue weighted by molar-refractivity contribution is 6.30. The average molecular weight is 609 g/mol. The molecule has 3 aromatic rings. The molecule has 2 heterocycles. The average Bonchev–Trinajstić information content (AvgIpc) is 3.53. The van der Waals surface area contributed by atoms with Crippen LogP contribution in [0.4, 0.5) is 5.69 Å². The minimum atomic E-state index is -1.09. The van der Waals surface area contributed by atoms with Gasteiger partial charge in [0.2, 0.25) is 17.7 Å². The van der Waals surface area contributed by atoms with Crippen molar-refractivity contribution in [2.75, 3.05) is 32.5 Å². The topological polar surface area (TPSA) is 163 Å². The van der Waals surface area contributed by atoms with Crippen molar-refractivity contribution in [1.82, 2.24) is 35.3 Å². The van der Waals surface area contributed by atoms with Crippen LogP contribution in [0.1, 0.15) is 41.6 Å². The Balaban J connectivity index is 1.45. The lowest BCUT2D eigenvalue weighted by molar-refractivity contribution is -0.133. The van der Waals surface area contributed by atoms with Crippen LogP contribution in [0.2, 0.25) is 5.02 Å². The number of nitrogens with zero attached hydrogens (tertiary/aromatic N) is 6. The quantitative estimate of drug-likeness (QED) is 0.278. The van der Waals surface area contributed by atoms with E-state index in [2.05, 4.69) is 31.1 Å². The lowest BCUT2D eigenvalue weighted by atomic mass is 10.0. The van der Waals surface area contributed by atoms with E-state index in [1.54, 1.807) is 23.1 Å². The Hall–Kier alpha value is -4.62. The fourth-order valence-corrected chi connectivity index (χ4v) is 4.96. The normalized spacial score (nSPS) is 14.6. The number of halogens is 1. The van der Waals surface area contributed by atoms with Gasteiger partial charge >= 0.3 is 5.97 Å². The molecule has 13 nitrogen and oxygen atoms in total. The first-order valence-electron chi connectivity index (χ1n) is 13.7. The maximum Gasteiger partial charge on any atom is 0.335 e. The number of aromatic carboxylic acids is 1. The summed E-state index contributed by atoms with van der Waals surface area (Å²) in [4.78, 5) is 54.4. The molecule has 3 N–H and O–H groups in total. The summed E-state index contributed by atoms with van der Waals surface area (Å²) >= 11 is 6.16. The van der Waals surface area contributed by atoms with E-state index < -0.39 is 23.8 Å². The second-order valence-electron chi connectivity index (χ2n) is 10.3. The number of carboxylic acid groups (broad SMARTS) is 1. The molecule has 14 heteroatoms. The predicted octanol–water partition coefficient (Wildman–Crippen LogP) is 2.48. The van der Waals surface area contributed by atoms with Crippen LogP contribution in [0.5, 0.6) is 0 Å². The van der Waals surface area contributed by atoms with E-state index in [-0.39, 0.29) is 24.3 Å². The molecule has 0 spiro atoms. The van der Waals surface area contributed by atoms with Crippen LogP contribution in [-0.2, 0) is 14.4 Å². The van der Waals surface area contributed by atoms with Gasteiger partial charge in [-0.1, -0.05) is 11.6 Å². The second-order valence-corrected chi connectivity index (χ2v) is 10.8. The highest BCUT2D eigenvalue weighted by atomic mass is 35.5. The van der Waals surface area contributed by atoms with Gasteiger partial charge < -0.3 is 25.5 Å². The number of tetrazole rings is 1. The van der Waals surface area contributed by atoms with Crippen LogP contribution in [-0.4, -0.2) is 98.1 Å². The first-order chi connectivity index (χ1) is 20.6. The van der Waals surface area contributed by atoms with Gasteiger partial charge in [-0.15, -0.1) is 5.10 Å². The smallest absolute Gasteiger partial charge is 0.335 e. The van der Waals surface area contributed by atoms with Crippen molar-refractivity contribution in [3.8, 4) is 5.69 Å². The Morgan fingerprint density at radius 1 is 1.12 bits per heavy atom. The highest BCUT2D eigenvalue weighted by Gasteiger charge is 2.26. The minimum Gasteiger partial charge on any atom is -0.478 e. The van der Waals surface area contributed by atoms with E-state index in [0.717, 1.165) is 12.8 Å².